The zero-order valence-electron chi connectivity index (χ0n) is 12.8. The van der Waals surface area contributed by atoms with Crippen molar-refractivity contribution in [3.05, 3.63) is 52.6 Å². The van der Waals surface area contributed by atoms with Gasteiger partial charge in [0.15, 0.2) is 5.78 Å². The molecule has 0 aliphatic heterocycles. The van der Waals surface area contributed by atoms with Gasteiger partial charge in [-0.1, -0.05) is 0 Å². The number of nitrogens with zero attached hydrogens (tertiary/aromatic N) is 1. The Hall–Kier alpha value is -2.43. The maximum absolute atomic E-state index is 12.5. The Bertz CT molecular complexity index is 719. The summed E-state index contributed by atoms with van der Waals surface area (Å²) in [5, 5.41) is 2.97. The Morgan fingerprint density at radius 1 is 1.32 bits per heavy atom. The molecule has 22 heavy (non-hydrogen) atoms. The van der Waals surface area contributed by atoms with Crippen molar-refractivity contribution in [3.63, 3.8) is 0 Å². The number of amides is 1. The number of aromatic amines is 1. The second kappa shape index (κ2) is 5.75. The van der Waals surface area contributed by atoms with Crippen molar-refractivity contribution in [2.24, 2.45) is 0 Å². The Morgan fingerprint density at radius 3 is 2.73 bits per heavy atom. The van der Waals surface area contributed by atoms with E-state index >= 15 is 0 Å². The van der Waals surface area contributed by atoms with Gasteiger partial charge in [-0.3, -0.25) is 14.6 Å². The van der Waals surface area contributed by atoms with Crippen LogP contribution in [0.4, 0.5) is 0 Å². The molecule has 5 nitrogen and oxygen atoms in total. The van der Waals surface area contributed by atoms with Crippen LogP contribution in [0.15, 0.2) is 24.5 Å². The third-order valence-electron chi connectivity index (χ3n) is 4.22. The first-order valence-corrected chi connectivity index (χ1v) is 7.53. The third-order valence-corrected chi connectivity index (χ3v) is 4.22. The number of aromatic nitrogens is 2. The van der Waals surface area contributed by atoms with Gasteiger partial charge in [-0.2, -0.15) is 0 Å². The van der Waals surface area contributed by atoms with Gasteiger partial charge in [-0.15, -0.1) is 0 Å². The molecule has 2 heterocycles. The molecule has 1 unspecified atom stereocenters. The number of hydrogen-bond donors (Lipinski definition) is 2. The van der Waals surface area contributed by atoms with Crippen LogP contribution in [0.25, 0.3) is 0 Å². The lowest BCUT2D eigenvalue weighted by molar-refractivity contribution is 0.0934. The van der Waals surface area contributed by atoms with Crippen LogP contribution in [-0.2, 0) is 6.42 Å². The van der Waals surface area contributed by atoms with E-state index in [0.717, 1.165) is 29.7 Å². The molecule has 0 radical (unpaired) electrons. The van der Waals surface area contributed by atoms with E-state index < -0.39 is 0 Å². The lowest BCUT2D eigenvalue weighted by Crippen LogP contribution is -2.27. The first-order valence-electron chi connectivity index (χ1n) is 7.53. The van der Waals surface area contributed by atoms with Crippen LogP contribution < -0.4 is 5.32 Å². The summed E-state index contributed by atoms with van der Waals surface area (Å²) in [5.74, 6) is -0.0414. The normalized spacial score (nSPS) is 15.3. The molecule has 0 saturated carbocycles. The summed E-state index contributed by atoms with van der Waals surface area (Å²) >= 11 is 0. The van der Waals surface area contributed by atoms with E-state index in [1.54, 1.807) is 12.4 Å². The monoisotopic (exact) mass is 297 g/mol. The third kappa shape index (κ3) is 2.54. The summed E-state index contributed by atoms with van der Waals surface area (Å²) in [7, 11) is 0. The Balaban J connectivity index is 1.83. The number of fused-ring (bicyclic) bond motifs is 1. The van der Waals surface area contributed by atoms with Crippen molar-refractivity contribution in [2.45, 2.75) is 39.2 Å². The van der Waals surface area contributed by atoms with Crippen LogP contribution in [0.5, 0.6) is 0 Å². The first kappa shape index (κ1) is 14.5. The average Bonchev–Trinajstić information content (AvgIpc) is 2.86. The van der Waals surface area contributed by atoms with Gasteiger partial charge in [0.25, 0.3) is 5.91 Å². The fourth-order valence-electron chi connectivity index (χ4n) is 3.01. The minimum absolute atomic E-state index is 0.120. The van der Waals surface area contributed by atoms with E-state index in [9.17, 15) is 9.59 Å². The number of hydrogen-bond acceptors (Lipinski definition) is 3. The van der Waals surface area contributed by atoms with Gasteiger partial charge in [0.2, 0.25) is 0 Å². The fraction of sp³-hybridized carbons (Fsp3) is 0.353. The average molecular weight is 297 g/mol. The fourth-order valence-corrected chi connectivity index (χ4v) is 3.01. The molecule has 5 heteroatoms. The van der Waals surface area contributed by atoms with Crippen LogP contribution >= 0.6 is 0 Å². The van der Waals surface area contributed by atoms with Crippen LogP contribution in [0.1, 0.15) is 63.5 Å². The molecule has 0 spiro atoms. The number of nitrogens with one attached hydrogen (secondary N) is 2. The van der Waals surface area contributed by atoms with Crippen molar-refractivity contribution in [2.75, 3.05) is 0 Å². The predicted octanol–water partition coefficient (Wildman–Crippen LogP) is 2.73. The van der Waals surface area contributed by atoms with Crippen molar-refractivity contribution >= 4 is 11.7 Å². The molecule has 0 saturated heterocycles. The van der Waals surface area contributed by atoms with Crippen molar-refractivity contribution in [1.82, 2.24) is 15.3 Å². The van der Waals surface area contributed by atoms with E-state index in [1.807, 2.05) is 26.0 Å². The Morgan fingerprint density at radius 2 is 2.05 bits per heavy atom. The minimum Gasteiger partial charge on any atom is -0.354 e. The molecule has 0 aromatic carbocycles. The summed E-state index contributed by atoms with van der Waals surface area (Å²) in [6.07, 6.45) is 5.65. The number of aryl methyl sites for hydroxylation is 1. The van der Waals surface area contributed by atoms with Gasteiger partial charge in [0.05, 0.1) is 6.04 Å². The van der Waals surface area contributed by atoms with Crippen LogP contribution in [0.3, 0.4) is 0 Å². The summed E-state index contributed by atoms with van der Waals surface area (Å²) in [4.78, 5) is 31.7. The SMILES string of the molecule is Cc1c(C(=O)NC(C)c2ccncc2)[nH]c2c1C(=O)CCC2. The zero-order chi connectivity index (χ0) is 15.7. The lowest BCUT2D eigenvalue weighted by Gasteiger charge is -2.13. The van der Waals surface area contributed by atoms with Gasteiger partial charge >= 0.3 is 0 Å². The highest BCUT2D eigenvalue weighted by atomic mass is 16.2. The van der Waals surface area contributed by atoms with E-state index in [0.29, 0.717) is 17.7 Å². The molecule has 114 valence electrons. The summed E-state index contributed by atoms with van der Waals surface area (Å²) in [5.41, 5.74) is 3.87. The van der Waals surface area contributed by atoms with Crippen molar-refractivity contribution < 1.29 is 9.59 Å². The number of carbonyl (C=O) groups is 2. The topological polar surface area (TPSA) is 74.8 Å². The summed E-state index contributed by atoms with van der Waals surface area (Å²) in [6.45, 7) is 3.77. The van der Waals surface area contributed by atoms with E-state index in [4.69, 9.17) is 0 Å². The molecule has 1 amide bonds. The number of Topliss-reactive ketones (excluding diaryl/α,β-unsaturated/α-hetero) is 1. The van der Waals surface area contributed by atoms with Crippen molar-refractivity contribution in [3.8, 4) is 0 Å². The smallest absolute Gasteiger partial charge is 0.268 e. The number of H-pyrrole nitrogens is 1. The van der Waals surface area contributed by atoms with Gasteiger partial charge in [-0.25, -0.2) is 0 Å². The number of pyridine rings is 1. The Labute approximate surface area is 129 Å². The molecular formula is C17H19N3O2. The number of carbonyl (C=O) groups excluding carboxylic acids is 2. The molecule has 0 bridgehead atoms. The molecule has 1 aliphatic carbocycles. The molecule has 1 aliphatic rings. The molecule has 2 aromatic heterocycles. The molecule has 2 aromatic rings. The van der Waals surface area contributed by atoms with E-state index in [1.165, 1.54) is 0 Å². The maximum atomic E-state index is 12.5. The lowest BCUT2D eigenvalue weighted by atomic mass is 9.94. The molecule has 2 N–H and O–H groups in total. The van der Waals surface area contributed by atoms with Crippen LogP contribution in [0.2, 0.25) is 0 Å². The van der Waals surface area contributed by atoms with E-state index in [2.05, 4.69) is 15.3 Å². The highest BCUT2D eigenvalue weighted by molar-refractivity contribution is 6.04. The second-order valence-corrected chi connectivity index (χ2v) is 5.73. The Kier molecular flexibility index (Phi) is 3.79. The summed E-state index contributed by atoms with van der Waals surface area (Å²) in [6, 6.07) is 3.63. The molecular weight excluding hydrogens is 278 g/mol. The highest BCUT2D eigenvalue weighted by Gasteiger charge is 2.26. The van der Waals surface area contributed by atoms with Gasteiger partial charge in [0.1, 0.15) is 5.69 Å². The standard InChI is InChI=1S/C17H19N3O2/c1-10-15-13(4-3-5-14(15)21)20-16(10)17(22)19-11(2)12-6-8-18-9-7-12/h6-9,11,20H,3-5H2,1-2H3,(H,19,22). The number of rotatable bonds is 3. The maximum Gasteiger partial charge on any atom is 0.268 e. The van der Waals surface area contributed by atoms with Gasteiger partial charge in [-0.05, 0) is 49.9 Å². The zero-order valence-corrected chi connectivity index (χ0v) is 12.8. The van der Waals surface area contributed by atoms with Gasteiger partial charge in [0, 0.05) is 30.1 Å². The van der Waals surface area contributed by atoms with Crippen molar-refractivity contribution in [1.29, 1.82) is 0 Å². The number of ketones is 1. The van der Waals surface area contributed by atoms with E-state index in [-0.39, 0.29) is 17.7 Å². The van der Waals surface area contributed by atoms with Gasteiger partial charge < -0.3 is 10.3 Å². The predicted molar refractivity (Wildman–Crippen MR) is 82.9 cm³/mol. The molecule has 1 atom stereocenters. The molecule has 0 fully saturated rings. The van der Waals surface area contributed by atoms with Crippen LogP contribution in [0, 0.1) is 6.92 Å². The molecule has 3 rings (SSSR count). The summed E-state index contributed by atoms with van der Waals surface area (Å²) < 4.78 is 0. The van der Waals surface area contributed by atoms with Crippen LogP contribution in [-0.4, -0.2) is 21.7 Å². The largest absolute Gasteiger partial charge is 0.354 e. The second-order valence-electron chi connectivity index (χ2n) is 5.73. The highest BCUT2D eigenvalue weighted by Crippen LogP contribution is 2.26. The first-order chi connectivity index (χ1) is 10.6. The minimum atomic E-state index is -0.177. The quantitative estimate of drug-likeness (QED) is 0.914.